The molecular weight excluding hydrogens is 148 g/mol. The second-order valence-corrected chi connectivity index (χ2v) is 5.10. The van der Waals surface area contributed by atoms with E-state index in [9.17, 15) is 0 Å². The molecule has 2 heteroatoms. The predicted octanol–water partition coefficient (Wildman–Crippen LogP) is 1.33. The zero-order valence-electron chi connectivity index (χ0n) is 8.85. The molecule has 1 N–H and O–H groups in total. The van der Waals surface area contributed by atoms with Gasteiger partial charge < -0.3 is 10.2 Å². The van der Waals surface area contributed by atoms with Crippen LogP contribution in [0.4, 0.5) is 0 Å². The first-order valence-corrected chi connectivity index (χ1v) is 4.90. The molecule has 1 aliphatic heterocycles. The molecule has 1 saturated heterocycles. The third kappa shape index (κ3) is 3.11. The molecule has 1 fully saturated rings. The number of nitrogens with zero attached hydrogens (tertiary/aromatic N) is 1. The van der Waals surface area contributed by atoms with E-state index in [1.54, 1.807) is 0 Å². The lowest BCUT2D eigenvalue weighted by molar-refractivity contribution is 0.150. The normalized spacial score (nSPS) is 27.5. The molecule has 0 spiro atoms. The molecule has 72 valence electrons. The molecular formula is C10H22N2. The minimum Gasteiger partial charge on any atom is -0.314 e. The van der Waals surface area contributed by atoms with Crippen molar-refractivity contribution in [1.82, 2.24) is 10.2 Å². The number of piperazine rings is 1. The fourth-order valence-electron chi connectivity index (χ4n) is 1.80. The summed E-state index contributed by atoms with van der Waals surface area (Å²) < 4.78 is 0. The molecule has 0 aromatic rings. The van der Waals surface area contributed by atoms with Gasteiger partial charge in [-0.15, -0.1) is 0 Å². The van der Waals surface area contributed by atoms with Gasteiger partial charge >= 0.3 is 0 Å². The molecule has 0 aromatic carbocycles. The third-order valence-corrected chi connectivity index (χ3v) is 2.49. The van der Waals surface area contributed by atoms with Crippen LogP contribution in [0.15, 0.2) is 0 Å². The van der Waals surface area contributed by atoms with Gasteiger partial charge in [0.15, 0.2) is 0 Å². The van der Waals surface area contributed by atoms with E-state index in [2.05, 4.69) is 38.0 Å². The minimum atomic E-state index is 0.456. The molecule has 0 aromatic heterocycles. The molecule has 1 rings (SSSR count). The van der Waals surface area contributed by atoms with Gasteiger partial charge in [0.2, 0.25) is 0 Å². The van der Waals surface area contributed by atoms with Crippen molar-refractivity contribution < 1.29 is 0 Å². The average molecular weight is 170 g/mol. The van der Waals surface area contributed by atoms with Gasteiger partial charge in [-0.3, -0.25) is 0 Å². The van der Waals surface area contributed by atoms with Crippen LogP contribution in [-0.4, -0.2) is 37.6 Å². The third-order valence-electron chi connectivity index (χ3n) is 2.49. The number of likely N-dealkylation sites (N-methyl/N-ethyl adjacent to an activating group) is 1. The van der Waals surface area contributed by atoms with E-state index in [1.807, 2.05) is 0 Å². The average Bonchev–Trinajstić information content (AvgIpc) is 1.91. The highest BCUT2D eigenvalue weighted by Gasteiger charge is 2.23. The molecule has 1 unspecified atom stereocenters. The van der Waals surface area contributed by atoms with Crippen molar-refractivity contribution in [3.05, 3.63) is 0 Å². The Kier molecular flexibility index (Phi) is 3.13. The standard InChI is InChI=1S/C10H22N2/c1-10(2,3)7-9-8-11-5-6-12(9)4/h9,11H,5-8H2,1-4H3. The minimum absolute atomic E-state index is 0.456. The van der Waals surface area contributed by atoms with Crippen molar-refractivity contribution in [2.24, 2.45) is 5.41 Å². The monoisotopic (exact) mass is 170 g/mol. The highest BCUT2D eigenvalue weighted by Crippen LogP contribution is 2.23. The molecule has 1 atom stereocenters. The second kappa shape index (κ2) is 3.75. The maximum Gasteiger partial charge on any atom is 0.0223 e. The largest absolute Gasteiger partial charge is 0.314 e. The van der Waals surface area contributed by atoms with Crippen molar-refractivity contribution in [1.29, 1.82) is 0 Å². The summed E-state index contributed by atoms with van der Waals surface area (Å²) >= 11 is 0. The summed E-state index contributed by atoms with van der Waals surface area (Å²) in [6.45, 7) is 10.5. The van der Waals surface area contributed by atoms with E-state index < -0.39 is 0 Å². The highest BCUT2D eigenvalue weighted by molar-refractivity contribution is 4.81. The van der Waals surface area contributed by atoms with Crippen LogP contribution < -0.4 is 5.32 Å². The summed E-state index contributed by atoms with van der Waals surface area (Å²) in [5.41, 5.74) is 0.456. The number of rotatable bonds is 1. The van der Waals surface area contributed by atoms with Gasteiger partial charge in [0.25, 0.3) is 0 Å². The second-order valence-electron chi connectivity index (χ2n) is 5.10. The lowest BCUT2D eigenvalue weighted by Crippen LogP contribution is -2.50. The summed E-state index contributed by atoms with van der Waals surface area (Å²) in [7, 11) is 2.23. The smallest absolute Gasteiger partial charge is 0.0223 e. The van der Waals surface area contributed by atoms with E-state index in [-0.39, 0.29) is 0 Å². The van der Waals surface area contributed by atoms with Crippen LogP contribution in [0.5, 0.6) is 0 Å². The van der Waals surface area contributed by atoms with Gasteiger partial charge in [-0.1, -0.05) is 20.8 Å². The SMILES string of the molecule is CN1CCNCC1CC(C)(C)C. The van der Waals surface area contributed by atoms with E-state index in [1.165, 1.54) is 13.0 Å². The van der Waals surface area contributed by atoms with Crippen molar-refractivity contribution in [2.75, 3.05) is 26.7 Å². The van der Waals surface area contributed by atoms with Gasteiger partial charge in [-0.25, -0.2) is 0 Å². The molecule has 0 bridgehead atoms. The Balaban J connectivity index is 2.39. The molecule has 0 amide bonds. The van der Waals surface area contributed by atoms with E-state index in [0.29, 0.717) is 5.41 Å². The Morgan fingerprint density at radius 1 is 1.42 bits per heavy atom. The molecule has 12 heavy (non-hydrogen) atoms. The Morgan fingerprint density at radius 2 is 2.08 bits per heavy atom. The van der Waals surface area contributed by atoms with Crippen molar-refractivity contribution in [3.8, 4) is 0 Å². The molecule has 0 aliphatic carbocycles. The fraction of sp³-hybridized carbons (Fsp3) is 1.00. The topological polar surface area (TPSA) is 15.3 Å². The highest BCUT2D eigenvalue weighted by atomic mass is 15.2. The summed E-state index contributed by atoms with van der Waals surface area (Å²) in [5.74, 6) is 0. The van der Waals surface area contributed by atoms with Gasteiger partial charge in [-0.2, -0.15) is 0 Å². The quantitative estimate of drug-likeness (QED) is 0.638. The van der Waals surface area contributed by atoms with Crippen LogP contribution in [-0.2, 0) is 0 Å². The van der Waals surface area contributed by atoms with Crippen LogP contribution in [0.25, 0.3) is 0 Å². The Morgan fingerprint density at radius 3 is 2.58 bits per heavy atom. The van der Waals surface area contributed by atoms with Crippen LogP contribution in [0.2, 0.25) is 0 Å². The first kappa shape index (κ1) is 10.0. The van der Waals surface area contributed by atoms with Crippen LogP contribution >= 0.6 is 0 Å². The Hall–Kier alpha value is -0.0800. The maximum atomic E-state index is 3.45. The van der Waals surface area contributed by atoms with Crippen molar-refractivity contribution >= 4 is 0 Å². The summed E-state index contributed by atoms with van der Waals surface area (Å²) in [6.07, 6.45) is 1.29. The van der Waals surface area contributed by atoms with E-state index in [0.717, 1.165) is 19.1 Å². The number of nitrogens with one attached hydrogen (secondary N) is 1. The molecule has 0 saturated carbocycles. The van der Waals surface area contributed by atoms with E-state index >= 15 is 0 Å². The first-order chi connectivity index (χ1) is 5.49. The summed E-state index contributed by atoms with van der Waals surface area (Å²) in [6, 6.07) is 0.735. The number of hydrogen-bond acceptors (Lipinski definition) is 2. The molecule has 2 nitrogen and oxygen atoms in total. The lowest BCUT2D eigenvalue weighted by atomic mass is 9.87. The van der Waals surface area contributed by atoms with Gasteiger partial charge in [0.05, 0.1) is 0 Å². The fourth-order valence-corrected chi connectivity index (χ4v) is 1.80. The molecule has 1 aliphatic rings. The van der Waals surface area contributed by atoms with Crippen molar-refractivity contribution in [3.63, 3.8) is 0 Å². The zero-order chi connectivity index (χ0) is 9.19. The van der Waals surface area contributed by atoms with Crippen LogP contribution in [0.1, 0.15) is 27.2 Å². The van der Waals surface area contributed by atoms with Crippen molar-refractivity contribution in [2.45, 2.75) is 33.2 Å². The van der Waals surface area contributed by atoms with E-state index in [4.69, 9.17) is 0 Å². The molecule has 1 heterocycles. The lowest BCUT2D eigenvalue weighted by Gasteiger charge is -2.36. The van der Waals surface area contributed by atoms with Gasteiger partial charge in [0.1, 0.15) is 0 Å². The summed E-state index contributed by atoms with van der Waals surface area (Å²) in [5, 5.41) is 3.45. The Labute approximate surface area is 76.3 Å². The van der Waals surface area contributed by atoms with Gasteiger partial charge in [-0.05, 0) is 18.9 Å². The summed E-state index contributed by atoms with van der Waals surface area (Å²) in [4.78, 5) is 2.47. The Bertz CT molecular complexity index is 137. The van der Waals surface area contributed by atoms with Crippen LogP contribution in [0.3, 0.4) is 0 Å². The maximum absolute atomic E-state index is 3.45. The van der Waals surface area contributed by atoms with Gasteiger partial charge in [0, 0.05) is 25.7 Å². The molecule has 0 radical (unpaired) electrons. The van der Waals surface area contributed by atoms with Crippen LogP contribution in [0, 0.1) is 5.41 Å². The predicted molar refractivity (Wildman–Crippen MR) is 53.4 cm³/mol. The first-order valence-electron chi connectivity index (χ1n) is 4.90. The zero-order valence-corrected chi connectivity index (χ0v) is 8.85. The number of hydrogen-bond donors (Lipinski definition) is 1.